The molecule has 17 heavy (non-hydrogen) atoms. The Morgan fingerprint density at radius 1 is 1.29 bits per heavy atom. The van der Waals surface area contributed by atoms with Crippen LogP contribution < -0.4 is 4.90 Å². The van der Waals surface area contributed by atoms with Gasteiger partial charge in [-0.1, -0.05) is 15.9 Å². The Bertz CT molecular complexity index is 384. The van der Waals surface area contributed by atoms with E-state index in [4.69, 9.17) is 0 Å². The van der Waals surface area contributed by atoms with Gasteiger partial charge in [-0.25, -0.2) is 0 Å². The molecule has 1 aliphatic rings. The van der Waals surface area contributed by atoms with Crippen LogP contribution in [0.3, 0.4) is 0 Å². The summed E-state index contributed by atoms with van der Waals surface area (Å²) in [4.78, 5) is 2.22. The van der Waals surface area contributed by atoms with Gasteiger partial charge in [-0.3, -0.25) is 0 Å². The molecule has 3 nitrogen and oxygen atoms in total. The third kappa shape index (κ3) is 2.81. The second kappa shape index (κ2) is 5.85. The van der Waals surface area contributed by atoms with Crippen LogP contribution in [0.2, 0.25) is 0 Å². The highest BCUT2D eigenvalue weighted by molar-refractivity contribution is 9.10. The van der Waals surface area contributed by atoms with Crippen LogP contribution in [-0.2, 0) is 6.61 Å². The molecule has 1 saturated heterocycles. The maximum absolute atomic E-state index is 9.43. The predicted molar refractivity (Wildman–Crippen MR) is 72.1 cm³/mol. The Kier molecular flexibility index (Phi) is 4.42. The molecule has 1 aromatic rings. The van der Waals surface area contributed by atoms with Crippen LogP contribution in [0.1, 0.15) is 24.8 Å². The number of hydrogen-bond donors (Lipinski definition) is 2. The lowest BCUT2D eigenvalue weighted by atomic mass is 10.0. The van der Waals surface area contributed by atoms with Gasteiger partial charge in [-0.15, -0.1) is 0 Å². The van der Waals surface area contributed by atoms with E-state index in [1.807, 2.05) is 18.2 Å². The minimum Gasteiger partial charge on any atom is -0.394 e. The fraction of sp³-hybridized carbons (Fsp3) is 0.538. The fourth-order valence-electron chi connectivity index (χ4n) is 2.47. The summed E-state index contributed by atoms with van der Waals surface area (Å²) in [6, 6.07) is 6.13. The molecular formula is C13H18BrNO2. The Hall–Kier alpha value is -0.580. The maximum atomic E-state index is 9.43. The van der Waals surface area contributed by atoms with Gasteiger partial charge < -0.3 is 15.1 Å². The summed E-state index contributed by atoms with van der Waals surface area (Å²) in [6.07, 6.45) is 3.35. The van der Waals surface area contributed by atoms with E-state index < -0.39 is 0 Å². The zero-order valence-corrected chi connectivity index (χ0v) is 11.4. The molecule has 0 bridgehead atoms. The van der Waals surface area contributed by atoms with Crippen molar-refractivity contribution < 1.29 is 10.2 Å². The van der Waals surface area contributed by atoms with Crippen molar-refractivity contribution in [3.8, 4) is 0 Å². The first-order chi connectivity index (χ1) is 8.26. The highest BCUT2D eigenvalue weighted by atomic mass is 79.9. The lowest BCUT2D eigenvalue weighted by Gasteiger charge is -2.37. The van der Waals surface area contributed by atoms with Gasteiger partial charge in [-0.05, 0) is 37.5 Å². The van der Waals surface area contributed by atoms with Gasteiger partial charge in [0, 0.05) is 22.3 Å². The van der Waals surface area contributed by atoms with E-state index in [-0.39, 0.29) is 19.3 Å². The van der Waals surface area contributed by atoms with Crippen molar-refractivity contribution in [3.63, 3.8) is 0 Å². The molecule has 0 spiro atoms. The zero-order valence-electron chi connectivity index (χ0n) is 9.77. The third-order valence-corrected chi connectivity index (χ3v) is 3.85. The monoisotopic (exact) mass is 299 g/mol. The molecule has 0 aliphatic carbocycles. The van der Waals surface area contributed by atoms with Crippen molar-refractivity contribution in [1.82, 2.24) is 0 Å². The molecule has 0 aromatic heterocycles. The normalized spacial score (nSPS) is 20.6. The largest absolute Gasteiger partial charge is 0.394 e. The Morgan fingerprint density at radius 3 is 2.82 bits per heavy atom. The molecule has 0 amide bonds. The first-order valence-electron chi connectivity index (χ1n) is 6.03. The van der Waals surface area contributed by atoms with Crippen LogP contribution in [0, 0.1) is 0 Å². The van der Waals surface area contributed by atoms with E-state index in [0.29, 0.717) is 0 Å². The molecule has 0 saturated carbocycles. The Labute approximate surface area is 110 Å². The SMILES string of the molecule is OCc1cc(Br)ccc1N1CCCCC1CO. The molecule has 1 atom stereocenters. The number of anilines is 1. The molecule has 1 fully saturated rings. The standard InChI is InChI=1S/C13H18BrNO2/c14-11-4-5-13(10(7-11)8-16)15-6-2-1-3-12(15)9-17/h4-5,7,12,16-17H,1-3,6,8-9H2. The minimum absolute atomic E-state index is 0.0312. The average molecular weight is 300 g/mol. The van der Waals surface area contributed by atoms with Crippen molar-refractivity contribution in [1.29, 1.82) is 0 Å². The molecule has 2 N–H and O–H groups in total. The summed E-state index contributed by atoms with van der Waals surface area (Å²) in [7, 11) is 0. The van der Waals surface area contributed by atoms with Crippen molar-refractivity contribution in [2.75, 3.05) is 18.1 Å². The first kappa shape index (κ1) is 12.9. The molecular weight excluding hydrogens is 282 g/mol. The van der Waals surface area contributed by atoms with Crippen LogP contribution in [0.15, 0.2) is 22.7 Å². The van der Waals surface area contributed by atoms with E-state index in [0.717, 1.165) is 35.1 Å². The quantitative estimate of drug-likeness (QED) is 0.900. The van der Waals surface area contributed by atoms with Crippen LogP contribution in [0.25, 0.3) is 0 Å². The number of nitrogens with zero attached hydrogens (tertiary/aromatic N) is 1. The Morgan fingerprint density at radius 2 is 2.12 bits per heavy atom. The molecule has 1 aromatic carbocycles. The topological polar surface area (TPSA) is 43.7 Å². The maximum Gasteiger partial charge on any atom is 0.0702 e. The second-order valence-electron chi connectivity index (χ2n) is 4.46. The van der Waals surface area contributed by atoms with Crippen molar-refractivity contribution in [2.45, 2.75) is 31.9 Å². The van der Waals surface area contributed by atoms with Gasteiger partial charge >= 0.3 is 0 Å². The summed E-state index contributed by atoms with van der Waals surface area (Å²) in [5.74, 6) is 0. The molecule has 94 valence electrons. The van der Waals surface area contributed by atoms with E-state index in [2.05, 4.69) is 20.8 Å². The average Bonchev–Trinajstić information content (AvgIpc) is 2.38. The highest BCUT2D eigenvalue weighted by Crippen LogP contribution is 2.30. The summed E-state index contributed by atoms with van der Waals surface area (Å²) in [5.41, 5.74) is 1.97. The van der Waals surface area contributed by atoms with E-state index in [9.17, 15) is 10.2 Å². The van der Waals surface area contributed by atoms with Crippen molar-refractivity contribution in [3.05, 3.63) is 28.2 Å². The van der Waals surface area contributed by atoms with E-state index in [1.54, 1.807) is 0 Å². The summed E-state index contributed by atoms with van der Waals surface area (Å²) in [6.45, 7) is 1.17. The van der Waals surface area contributed by atoms with Gasteiger partial charge in [0.2, 0.25) is 0 Å². The minimum atomic E-state index is 0.0312. The Balaban J connectivity index is 2.30. The highest BCUT2D eigenvalue weighted by Gasteiger charge is 2.23. The van der Waals surface area contributed by atoms with E-state index >= 15 is 0 Å². The number of rotatable bonds is 3. The van der Waals surface area contributed by atoms with Crippen molar-refractivity contribution >= 4 is 21.6 Å². The molecule has 1 unspecified atom stereocenters. The molecule has 1 aliphatic heterocycles. The van der Waals surface area contributed by atoms with Gasteiger partial charge in [0.25, 0.3) is 0 Å². The third-order valence-electron chi connectivity index (χ3n) is 3.36. The van der Waals surface area contributed by atoms with Gasteiger partial charge in [0.15, 0.2) is 0 Å². The van der Waals surface area contributed by atoms with Crippen LogP contribution in [0.4, 0.5) is 5.69 Å². The fourth-order valence-corrected chi connectivity index (χ4v) is 2.88. The number of aliphatic hydroxyl groups excluding tert-OH is 2. The molecule has 2 rings (SSSR count). The van der Waals surface area contributed by atoms with Gasteiger partial charge in [0.1, 0.15) is 0 Å². The van der Waals surface area contributed by atoms with Crippen LogP contribution >= 0.6 is 15.9 Å². The summed E-state index contributed by atoms with van der Waals surface area (Å²) < 4.78 is 0.975. The summed E-state index contributed by atoms with van der Waals surface area (Å²) in [5, 5.41) is 18.9. The second-order valence-corrected chi connectivity index (χ2v) is 5.37. The van der Waals surface area contributed by atoms with Crippen molar-refractivity contribution in [2.24, 2.45) is 0 Å². The van der Waals surface area contributed by atoms with Gasteiger partial charge in [-0.2, -0.15) is 0 Å². The lowest BCUT2D eigenvalue weighted by molar-refractivity contribution is 0.238. The van der Waals surface area contributed by atoms with Crippen LogP contribution in [0.5, 0.6) is 0 Å². The van der Waals surface area contributed by atoms with Crippen LogP contribution in [-0.4, -0.2) is 29.4 Å². The molecule has 0 radical (unpaired) electrons. The number of halogens is 1. The molecule has 4 heteroatoms. The van der Waals surface area contributed by atoms with Gasteiger partial charge in [0.05, 0.1) is 19.3 Å². The lowest BCUT2D eigenvalue weighted by Crippen LogP contribution is -2.42. The number of benzene rings is 1. The zero-order chi connectivity index (χ0) is 12.3. The summed E-state index contributed by atoms with van der Waals surface area (Å²) >= 11 is 3.41. The molecule has 1 heterocycles. The number of aliphatic hydroxyl groups is 2. The predicted octanol–water partition coefficient (Wildman–Crippen LogP) is 2.29. The van der Waals surface area contributed by atoms with E-state index in [1.165, 1.54) is 6.42 Å². The smallest absolute Gasteiger partial charge is 0.0702 e. The first-order valence-corrected chi connectivity index (χ1v) is 6.82. The number of hydrogen-bond acceptors (Lipinski definition) is 3. The number of piperidine rings is 1.